The van der Waals surface area contributed by atoms with Crippen LogP contribution in [0.1, 0.15) is 0 Å². The first-order valence-electron chi connectivity index (χ1n) is 21.7. The van der Waals surface area contributed by atoms with Crippen LogP contribution in [0.15, 0.2) is 211 Å². The lowest BCUT2D eigenvalue weighted by Crippen LogP contribution is -2.07. The summed E-state index contributed by atoms with van der Waals surface area (Å²) >= 11 is 0. The van der Waals surface area contributed by atoms with Crippen LogP contribution in [-0.4, -0.2) is 19.5 Å². The summed E-state index contributed by atoms with van der Waals surface area (Å²) in [5.41, 5.74) is 7.60. The molecule has 0 unspecified atom stereocenters. The normalized spacial score (nSPS) is 12.1. The molecule has 3 heterocycles. The Labute approximate surface area is 366 Å². The topological polar surface area (TPSA) is 56.7 Å². The SMILES string of the molecule is c1ccc2cc(-c3nc(-c4ccc5ccccc5c4)nc(-n4c5c(-c6cccc7c6oc6ccc8ccccc8c67)cccc5c5c6ccccc6c6ccccc6c54)n3)ccc2c1. The first-order chi connectivity index (χ1) is 31.7. The molecular formula is C59H34N4O. The number of para-hydroxylation sites is 2. The van der Waals surface area contributed by atoms with Crippen molar-refractivity contribution in [2.75, 3.05) is 0 Å². The Morgan fingerprint density at radius 2 is 0.844 bits per heavy atom. The van der Waals surface area contributed by atoms with Gasteiger partial charge in [-0.3, -0.25) is 4.57 Å². The van der Waals surface area contributed by atoms with E-state index in [4.69, 9.17) is 19.4 Å². The number of fused-ring (bicyclic) bond motifs is 15. The molecule has 0 aliphatic carbocycles. The highest BCUT2D eigenvalue weighted by Gasteiger charge is 2.26. The molecule has 0 aliphatic heterocycles. The molecule has 0 bridgehead atoms. The van der Waals surface area contributed by atoms with Crippen LogP contribution in [0.25, 0.3) is 137 Å². The van der Waals surface area contributed by atoms with Gasteiger partial charge in [-0.05, 0) is 66.7 Å². The van der Waals surface area contributed by atoms with Gasteiger partial charge in [0.15, 0.2) is 11.6 Å². The van der Waals surface area contributed by atoms with E-state index >= 15 is 0 Å². The van der Waals surface area contributed by atoms with Gasteiger partial charge in [0.2, 0.25) is 5.95 Å². The summed E-state index contributed by atoms with van der Waals surface area (Å²) in [5.74, 6) is 1.74. The Kier molecular flexibility index (Phi) is 7.33. The molecule has 296 valence electrons. The second-order valence-corrected chi connectivity index (χ2v) is 16.7. The Bertz CT molecular complexity index is 4180. The van der Waals surface area contributed by atoms with E-state index in [2.05, 4.69) is 211 Å². The smallest absolute Gasteiger partial charge is 0.238 e. The summed E-state index contributed by atoms with van der Waals surface area (Å²) in [5, 5.41) is 16.0. The zero-order valence-electron chi connectivity index (χ0n) is 34.3. The van der Waals surface area contributed by atoms with Gasteiger partial charge in [-0.15, -0.1) is 0 Å². The minimum Gasteiger partial charge on any atom is -0.455 e. The molecule has 3 aromatic heterocycles. The van der Waals surface area contributed by atoms with Crippen molar-refractivity contribution in [3.63, 3.8) is 0 Å². The monoisotopic (exact) mass is 814 g/mol. The van der Waals surface area contributed by atoms with Gasteiger partial charge in [0.1, 0.15) is 11.2 Å². The minimum atomic E-state index is 0.539. The Hall–Kier alpha value is -8.67. The molecule has 5 heteroatoms. The lowest BCUT2D eigenvalue weighted by atomic mass is 9.95. The number of hydrogen-bond donors (Lipinski definition) is 0. The second kappa shape index (κ2) is 13.4. The van der Waals surface area contributed by atoms with Crippen molar-refractivity contribution in [2.45, 2.75) is 0 Å². The second-order valence-electron chi connectivity index (χ2n) is 16.7. The van der Waals surface area contributed by atoms with E-state index in [0.717, 1.165) is 92.9 Å². The van der Waals surface area contributed by atoms with Crippen molar-refractivity contribution in [3.05, 3.63) is 206 Å². The summed E-state index contributed by atoms with van der Waals surface area (Å²) < 4.78 is 9.24. The zero-order chi connectivity index (χ0) is 41.9. The van der Waals surface area contributed by atoms with E-state index < -0.39 is 0 Å². The number of hydrogen-bond acceptors (Lipinski definition) is 4. The van der Waals surface area contributed by atoms with Crippen LogP contribution in [0, 0.1) is 0 Å². The maximum atomic E-state index is 6.93. The molecule has 11 aromatic carbocycles. The van der Waals surface area contributed by atoms with Crippen LogP contribution >= 0.6 is 0 Å². The predicted molar refractivity (Wildman–Crippen MR) is 265 cm³/mol. The number of rotatable bonds is 4. The van der Waals surface area contributed by atoms with Crippen LogP contribution in [0.4, 0.5) is 0 Å². The molecule has 0 aliphatic rings. The molecular weight excluding hydrogens is 781 g/mol. The molecule has 0 amide bonds. The number of benzene rings is 11. The lowest BCUT2D eigenvalue weighted by Gasteiger charge is -2.15. The molecule has 0 saturated heterocycles. The largest absolute Gasteiger partial charge is 0.455 e. The number of nitrogens with zero attached hydrogens (tertiary/aromatic N) is 4. The molecule has 0 N–H and O–H groups in total. The molecule has 64 heavy (non-hydrogen) atoms. The first kappa shape index (κ1) is 35.0. The van der Waals surface area contributed by atoms with E-state index in [1.54, 1.807) is 0 Å². The minimum absolute atomic E-state index is 0.539. The average molecular weight is 815 g/mol. The van der Waals surface area contributed by atoms with Gasteiger partial charge in [0.25, 0.3) is 0 Å². The summed E-state index contributed by atoms with van der Waals surface area (Å²) in [7, 11) is 0. The molecule has 0 atom stereocenters. The van der Waals surface area contributed by atoms with Crippen LogP contribution < -0.4 is 0 Å². The third-order valence-corrected chi connectivity index (χ3v) is 13.2. The van der Waals surface area contributed by atoms with Crippen LogP contribution in [0.3, 0.4) is 0 Å². The van der Waals surface area contributed by atoms with Crippen LogP contribution in [0.2, 0.25) is 0 Å². The quantitative estimate of drug-likeness (QED) is 0.166. The number of furan rings is 1. The van der Waals surface area contributed by atoms with Gasteiger partial charge in [0, 0.05) is 49.2 Å². The fourth-order valence-corrected chi connectivity index (χ4v) is 10.3. The van der Waals surface area contributed by atoms with Gasteiger partial charge in [-0.1, -0.05) is 188 Å². The van der Waals surface area contributed by atoms with E-state index in [-0.39, 0.29) is 0 Å². The van der Waals surface area contributed by atoms with Crippen molar-refractivity contribution < 1.29 is 4.42 Å². The molecule has 0 radical (unpaired) electrons. The van der Waals surface area contributed by atoms with Crippen molar-refractivity contribution in [1.29, 1.82) is 0 Å². The van der Waals surface area contributed by atoms with Crippen LogP contribution in [-0.2, 0) is 0 Å². The molecule has 0 fully saturated rings. The fourth-order valence-electron chi connectivity index (χ4n) is 10.3. The predicted octanol–water partition coefficient (Wildman–Crippen LogP) is 15.6. The molecule has 14 aromatic rings. The summed E-state index contributed by atoms with van der Waals surface area (Å²) in [6.45, 7) is 0. The third kappa shape index (κ3) is 5.09. The maximum Gasteiger partial charge on any atom is 0.238 e. The van der Waals surface area contributed by atoms with Crippen molar-refractivity contribution >= 4 is 97.6 Å². The van der Waals surface area contributed by atoms with E-state index in [1.165, 1.54) is 26.9 Å². The highest BCUT2D eigenvalue weighted by molar-refractivity contribution is 6.33. The number of aromatic nitrogens is 4. The third-order valence-electron chi connectivity index (χ3n) is 13.2. The first-order valence-corrected chi connectivity index (χ1v) is 21.7. The van der Waals surface area contributed by atoms with Crippen molar-refractivity contribution in [1.82, 2.24) is 19.5 Å². The highest BCUT2D eigenvalue weighted by Crippen LogP contribution is 2.47. The van der Waals surface area contributed by atoms with Crippen molar-refractivity contribution in [3.8, 4) is 39.9 Å². The Morgan fingerprint density at radius 3 is 1.53 bits per heavy atom. The van der Waals surface area contributed by atoms with E-state index in [0.29, 0.717) is 17.6 Å². The van der Waals surface area contributed by atoms with Crippen molar-refractivity contribution in [2.24, 2.45) is 0 Å². The Balaban J connectivity index is 1.15. The zero-order valence-corrected chi connectivity index (χ0v) is 34.3. The highest BCUT2D eigenvalue weighted by atomic mass is 16.3. The lowest BCUT2D eigenvalue weighted by molar-refractivity contribution is 0.670. The Morgan fingerprint density at radius 1 is 0.328 bits per heavy atom. The summed E-state index contributed by atoms with van der Waals surface area (Å²) in [4.78, 5) is 16.3. The van der Waals surface area contributed by atoms with E-state index in [1.807, 2.05) is 0 Å². The standard InChI is InChI=1S/C59H34N4O/c1-3-16-38-33-40(29-27-35(38)13-1)57-60-58(41-30-28-36-14-2-4-17-39(36)34-41)62-59(61-57)63-54-47(48-24-12-26-50-52-42-18-6-5-15-37(42)31-32-51(52)64-56(48)50)23-11-25-49(54)53-45-21-9-7-19-43(45)44-20-8-10-22-46(44)55(53)63/h1-34H. The van der Waals surface area contributed by atoms with E-state index in [9.17, 15) is 0 Å². The fraction of sp³-hybridized carbons (Fsp3) is 0. The summed E-state index contributed by atoms with van der Waals surface area (Å²) in [6, 6.07) is 73.2. The van der Waals surface area contributed by atoms with Gasteiger partial charge in [-0.25, -0.2) is 4.98 Å². The van der Waals surface area contributed by atoms with Gasteiger partial charge < -0.3 is 4.42 Å². The summed E-state index contributed by atoms with van der Waals surface area (Å²) in [6.07, 6.45) is 0. The van der Waals surface area contributed by atoms with Gasteiger partial charge in [0.05, 0.1) is 11.0 Å². The molecule has 0 saturated carbocycles. The van der Waals surface area contributed by atoms with Gasteiger partial charge in [-0.2, -0.15) is 9.97 Å². The van der Waals surface area contributed by atoms with Crippen LogP contribution in [0.5, 0.6) is 0 Å². The molecule has 14 rings (SSSR count). The molecule has 0 spiro atoms. The maximum absolute atomic E-state index is 6.93. The molecule has 5 nitrogen and oxygen atoms in total. The average Bonchev–Trinajstić information content (AvgIpc) is 3.93. The van der Waals surface area contributed by atoms with Gasteiger partial charge >= 0.3 is 0 Å².